The fourth-order valence-electron chi connectivity index (χ4n) is 0. The summed E-state index contributed by atoms with van der Waals surface area (Å²) in [5, 5.41) is 0. The minimum atomic E-state index is 0. The highest BCUT2D eigenvalue weighted by Gasteiger charge is -0.0775. The molecule has 1 unspecified atom stereocenters. The van der Waals surface area contributed by atoms with Crippen LogP contribution < -0.4 is 6.15 Å². The highest BCUT2D eigenvalue weighted by atomic mass is 32.1. The second-order valence-electron chi connectivity index (χ2n) is 0. The van der Waals surface area contributed by atoms with E-state index >= 15 is 0 Å². The molecule has 0 aromatic carbocycles. The fraction of sp³-hybridized carbons (Fsp3) is 1.00. The van der Waals surface area contributed by atoms with E-state index in [4.69, 9.17) is 0 Å². The Morgan fingerprint density at radius 3 is 1.00 bits per heavy atom. The van der Waals surface area contributed by atoms with Gasteiger partial charge in [0.2, 0.25) is 0 Å². The minimum absolute atomic E-state index is 0. The van der Waals surface area contributed by atoms with Crippen LogP contribution in [0.15, 0.2) is 0 Å². The Balaban J connectivity index is 0. The summed E-state index contributed by atoms with van der Waals surface area (Å²) < 4.78 is 0. The molecule has 1 atom stereocenters. The Kier molecular flexibility index (Phi) is 1550. The molecule has 0 heterocycles. The van der Waals surface area contributed by atoms with E-state index in [2.05, 4.69) is 0 Å². The third-order valence-corrected chi connectivity index (χ3v) is 0. The molecule has 0 radical (unpaired) electrons. The van der Waals surface area contributed by atoms with Gasteiger partial charge in [-0.05, 0) is 0 Å². The van der Waals surface area contributed by atoms with Crippen molar-refractivity contribution in [2.75, 3.05) is 0 Å². The monoisotopic (exact) mass is 101 g/mol. The van der Waals surface area contributed by atoms with Gasteiger partial charge in [-0.25, -0.2) is 0 Å². The van der Waals surface area contributed by atoms with Crippen LogP contribution in [0.1, 0.15) is 7.43 Å². The van der Waals surface area contributed by atoms with Gasteiger partial charge in [0.1, 0.15) is 0 Å². The Bertz CT molecular complexity index is 8.00. The summed E-state index contributed by atoms with van der Waals surface area (Å²) in [6.45, 7) is 0. The molecule has 3 heteroatoms. The van der Waals surface area contributed by atoms with Gasteiger partial charge in [-0.1, -0.05) is 7.43 Å². The summed E-state index contributed by atoms with van der Waals surface area (Å²) in [7, 11) is 0. The van der Waals surface area contributed by atoms with Crippen LogP contribution in [0.25, 0.3) is 0 Å². The van der Waals surface area contributed by atoms with Crippen molar-refractivity contribution < 1.29 is 0 Å². The second kappa shape index (κ2) is 51.3. The molecule has 0 spiro atoms. The van der Waals surface area contributed by atoms with Gasteiger partial charge in [-0.3, -0.25) is 0 Å². The predicted octanol–water partition coefficient (Wildman–Crippen LogP) is 0.969. The van der Waals surface area contributed by atoms with Gasteiger partial charge in [-0.15, -0.1) is 0 Å². The quantitative estimate of drug-likeness (QED) is 0.453. The molecule has 0 bridgehead atoms. The number of hydrogen-bond acceptors (Lipinski definition) is 1. The first-order valence-corrected chi connectivity index (χ1v) is 0. The number of rotatable bonds is 0. The minimum Gasteiger partial charge on any atom is -0.344 e. The van der Waals surface area contributed by atoms with E-state index in [0.29, 0.717) is 0 Å². The molecular weight excluding hydrogens is 89.1 g/mol. The first-order valence-electron chi connectivity index (χ1n) is 0. The van der Waals surface area contributed by atoms with Crippen molar-refractivity contribution in [2.45, 2.75) is 7.43 Å². The Labute approximate surface area is 37.8 Å². The van der Waals surface area contributed by atoms with E-state index < -0.39 is 0 Å². The Morgan fingerprint density at radius 1 is 1.00 bits per heavy atom. The van der Waals surface area contributed by atoms with Gasteiger partial charge in [-0.2, -0.15) is 23.4 Å². The molecule has 0 aliphatic rings. The summed E-state index contributed by atoms with van der Waals surface area (Å²) in [4.78, 5) is 0. The summed E-state index contributed by atoms with van der Waals surface area (Å²) in [6.07, 6.45) is 0. The van der Waals surface area contributed by atoms with Crippen LogP contribution in [0.2, 0.25) is 0 Å². The smallest absolute Gasteiger partial charge is 0.0776 e. The van der Waals surface area contributed by atoms with E-state index in [0.717, 1.165) is 0 Å². The molecule has 32 valence electrons. The number of hydrogen-bond donors (Lipinski definition) is 1. The van der Waals surface area contributed by atoms with E-state index in [1.807, 2.05) is 0 Å². The van der Waals surface area contributed by atoms with Crippen LogP contribution >= 0.6 is 23.4 Å². The van der Waals surface area contributed by atoms with Gasteiger partial charge in [0.05, 0.1) is 0 Å². The normalized spacial score (nSPS) is 0. The maximum atomic E-state index is 0. The van der Waals surface area contributed by atoms with Crippen molar-refractivity contribution in [3.63, 3.8) is 0 Å². The van der Waals surface area contributed by atoms with Crippen molar-refractivity contribution in [3.05, 3.63) is 0 Å². The molecule has 0 fully saturated rings. The van der Waals surface area contributed by atoms with Gasteiger partial charge in [0, 0.05) is 0 Å². The molecule has 0 aromatic heterocycles. The van der Waals surface area contributed by atoms with E-state index in [1.54, 1.807) is 0 Å². The second-order valence-corrected chi connectivity index (χ2v) is 0. The van der Waals surface area contributed by atoms with Crippen LogP contribution in [0.3, 0.4) is 0 Å². The Hall–Kier alpha value is 0.740. The molecule has 0 amide bonds. The highest BCUT2D eigenvalue weighted by Crippen LogP contribution is 0.861. The standard InChI is InChI=1S/CH4.H3N.H3P.H2S/h1H4;2*1H3;1H2. The van der Waals surface area contributed by atoms with Crippen molar-refractivity contribution in [2.24, 2.45) is 0 Å². The van der Waals surface area contributed by atoms with Gasteiger partial charge in [0.15, 0.2) is 0 Å². The van der Waals surface area contributed by atoms with Crippen molar-refractivity contribution in [3.8, 4) is 0 Å². The molecule has 0 saturated heterocycles. The summed E-state index contributed by atoms with van der Waals surface area (Å²) >= 11 is 0. The molecule has 4 heavy (non-hydrogen) atoms. The summed E-state index contributed by atoms with van der Waals surface area (Å²) in [5.74, 6) is 0. The maximum absolute atomic E-state index is 0. The van der Waals surface area contributed by atoms with Gasteiger partial charge in [0.25, 0.3) is 0 Å². The molecule has 0 aromatic rings. The van der Waals surface area contributed by atoms with Crippen LogP contribution in [-0.2, 0) is 0 Å². The summed E-state index contributed by atoms with van der Waals surface area (Å²) in [6, 6.07) is 0. The van der Waals surface area contributed by atoms with Crippen LogP contribution in [0, 0.1) is 0 Å². The third kappa shape index (κ3) is 15.1. The highest BCUT2D eigenvalue weighted by molar-refractivity contribution is 7.59. The SMILES string of the molecule is C.N.P.S. The van der Waals surface area contributed by atoms with Crippen molar-refractivity contribution in [1.29, 1.82) is 0 Å². The topological polar surface area (TPSA) is 35.0 Å². The lowest BCUT2D eigenvalue weighted by molar-refractivity contribution is 2.13. The van der Waals surface area contributed by atoms with Crippen LogP contribution in [0.5, 0.6) is 0 Å². The van der Waals surface area contributed by atoms with E-state index in [9.17, 15) is 0 Å². The zero-order valence-corrected chi connectivity index (χ0v) is 4.33. The average molecular weight is 101 g/mol. The average Bonchev–Trinajstić information content (AvgIpc) is 0. The largest absolute Gasteiger partial charge is 0.344 e. The first-order chi connectivity index (χ1) is 0. The molecule has 0 aliphatic heterocycles. The molecule has 1 nitrogen and oxygen atoms in total. The molecule has 0 rings (SSSR count). The lowest BCUT2D eigenvalue weighted by Crippen LogP contribution is -0.481. The van der Waals surface area contributed by atoms with Crippen LogP contribution in [-0.4, -0.2) is 0 Å². The fourth-order valence-corrected chi connectivity index (χ4v) is 0. The predicted molar refractivity (Wildman–Crippen MR) is 33.2 cm³/mol. The zero-order valence-electron chi connectivity index (χ0n) is 1.91. The summed E-state index contributed by atoms with van der Waals surface area (Å²) in [5.41, 5.74) is 0. The lowest BCUT2D eigenvalue weighted by atomic mass is 12.0. The van der Waals surface area contributed by atoms with Gasteiger partial charge >= 0.3 is 0 Å². The van der Waals surface area contributed by atoms with Crippen molar-refractivity contribution in [1.82, 2.24) is 6.15 Å². The maximum Gasteiger partial charge on any atom is -0.0776 e. The van der Waals surface area contributed by atoms with Crippen molar-refractivity contribution >= 4 is 23.4 Å². The molecule has 0 saturated carbocycles. The third-order valence-electron chi connectivity index (χ3n) is 0. The molecule has 0 aliphatic carbocycles. The molecular formula is CH12NPS. The van der Waals surface area contributed by atoms with E-state index in [1.165, 1.54) is 0 Å². The molecule has 3 N–H and O–H groups in total. The van der Waals surface area contributed by atoms with Crippen LogP contribution in [0.4, 0.5) is 0 Å². The first kappa shape index (κ1) is 121. The Morgan fingerprint density at radius 2 is 1.00 bits per heavy atom. The van der Waals surface area contributed by atoms with Gasteiger partial charge < -0.3 is 6.15 Å². The van der Waals surface area contributed by atoms with E-state index in [-0.39, 0.29) is 37.0 Å². The zero-order chi connectivity index (χ0) is 0. The lowest BCUT2D eigenvalue weighted by Gasteiger charge is -0.344.